The van der Waals surface area contributed by atoms with Crippen molar-refractivity contribution in [3.8, 4) is 0 Å². The van der Waals surface area contributed by atoms with Gasteiger partial charge in [-0.1, -0.05) is 0 Å². The normalized spacial score (nSPS) is 12.5. The van der Waals surface area contributed by atoms with Gasteiger partial charge < -0.3 is 0 Å². The van der Waals surface area contributed by atoms with Gasteiger partial charge in [-0.3, -0.25) is 9.59 Å². The van der Waals surface area contributed by atoms with Crippen molar-refractivity contribution in [3.63, 3.8) is 0 Å². The molecule has 1 aromatic heterocycles. The van der Waals surface area contributed by atoms with E-state index in [4.69, 9.17) is 0 Å². The molecule has 1 rings (SSSR count). The number of aromatic nitrogens is 2. The van der Waals surface area contributed by atoms with Gasteiger partial charge in [0.25, 0.3) is 5.56 Å². The number of ketones is 1. The lowest BCUT2D eigenvalue weighted by Gasteiger charge is -2.08. The minimum atomic E-state index is -0.473. The van der Waals surface area contributed by atoms with Crippen molar-refractivity contribution in [1.82, 2.24) is 9.78 Å². The molecular weight excluding hydrogens is 156 g/mol. The molecule has 1 unspecified atom stereocenters. The maximum atomic E-state index is 11.1. The van der Waals surface area contributed by atoms with Crippen LogP contribution in [0.4, 0.5) is 0 Å². The highest BCUT2D eigenvalue weighted by Crippen LogP contribution is 1.99. The van der Waals surface area contributed by atoms with Crippen LogP contribution in [0.15, 0.2) is 23.1 Å². The molecule has 0 N–H and O–H groups in total. The Morgan fingerprint density at radius 1 is 1.67 bits per heavy atom. The van der Waals surface area contributed by atoms with Gasteiger partial charge in [-0.25, -0.2) is 4.68 Å². The third kappa shape index (κ3) is 1.58. The predicted octanol–water partition coefficient (Wildman–Crippen LogP) is 0.393. The van der Waals surface area contributed by atoms with Gasteiger partial charge in [0.05, 0.1) is 0 Å². The molecule has 0 aromatic carbocycles. The standard InChI is InChI=1S/C8H10N2O2/c1-6(7(2)11)10-8(12)4-3-5-9-10/h3-6H,1-2H3. The summed E-state index contributed by atoms with van der Waals surface area (Å²) in [6, 6.07) is 2.46. The summed E-state index contributed by atoms with van der Waals surface area (Å²) in [6.45, 7) is 3.09. The van der Waals surface area contributed by atoms with Crippen LogP contribution in [0.2, 0.25) is 0 Å². The van der Waals surface area contributed by atoms with Crippen LogP contribution in [-0.4, -0.2) is 15.6 Å². The van der Waals surface area contributed by atoms with Crippen LogP contribution in [0, 0.1) is 0 Å². The quantitative estimate of drug-likeness (QED) is 0.638. The zero-order valence-electron chi connectivity index (χ0n) is 7.02. The minimum absolute atomic E-state index is 0.0733. The van der Waals surface area contributed by atoms with Gasteiger partial charge >= 0.3 is 0 Å². The van der Waals surface area contributed by atoms with Gasteiger partial charge in [0.15, 0.2) is 5.78 Å². The molecule has 0 saturated carbocycles. The number of carbonyl (C=O) groups is 1. The second-order valence-corrected chi connectivity index (χ2v) is 2.59. The molecule has 12 heavy (non-hydrogen) atoms. The van der Waals surface area contributed by atoms with E-state index in [1.807, 2.05) is 0 Å². The number of rotatable bonds is 2. The van der Waals surface area contributed by atoms with E-state index in [9.17, 15) is 9.59 Å². The summed E-state index contributed by atoms with van der Waals surface area (Å²) in [6.07, 6.45) is 1.49. The Labute approximate surface area is 69.8 Å². The summed E-state index contributed by atoms with van der Waals surface area (Å²) in [4.78, 5) is 22.0. The molecule has 64 valence electrons. The van der Waals surface area contributed by atoms with Gasteiger partial charge in [-0.15, -0.1) is 0 Å². The second kappa shape index (κ2) is 3.30. The van der Waals surface area contributed by atoms with Crippen LogP contribution in [0.25, 0.3) is 0 Å². The Hall–Kier alpha value is -1.45. The molecule has 0 fully saturated rings. The van der Waals surface area contributed by atoms with E-state index in [-0.39, 0.29) is 11.3 Å². The Bertz CT molecular complexity index is 343. The highest BCUT2D eigenvalue weighted by Gasteiger charge is 2.10. The largest absolute Gasteiger partial charge is 0.298 e. The van der Waals surface area contributed by atoms with Gasteiger partial charge in [0.1, 0.15) is 6.04 Å². The molecule has 0 aliphatic carbocycles. The van der Waals surface area contributed by atoms with E-state index in [1.165, 1.54) is 23.9 Å². The van der Waals surface area contributed by atoms with Crippen molar-refractivity contribution in [2.24, 2.45) is 0 Å². The fourth-order valence-corrected chi connectivity index (χ4v) is 0.832. The fourth-order valence-electron chi connectivity index (χ4n) is 0.832. The molecule has 1 atom stereocenters. The number of carbonyl (C=O) groups excluding carboxylic acids is 1. The van der Waals surface area contributed by atoms with Crippen LogP contribution in [0.3, 0.4) is 0 Å². The van der Waals surface area contributed by atoms with E-state index in [0.29, 0.717) is 0 Å². The van der Waals surface area contributed by atoms with Crippen LogP contribution in [-0.2, 0) is 4.79 Å². The number of Topliss-reactive ketones (excluding diaryl/α,β-unsaturated/α-hetero) is 1. The van der Waals surface area contributed by atoms with Gasteiger partial charge in [0, 0.05) is 12.3 Å². The van der Waals surface area contributed by atoms with Crippen molar-refractivity contribution >= 4 is 5.78 Å². The average Bonchev–Trinajstić information content (AvgIpc) is 2.04. The van der Waals surface area contributed by atoms with Crippen LogP contribution in [0.1, 0.15) is 19.9 Å². The Balaban J connectivity index is 3.11. The average molecular weight is 166 g/mol. The summed E-state index contributed by atoms with van der Waals surface area (Å²) in [5, 5.41) is 3.78. The number of hydrogen-bond donors (Lipinski definition) is 0. The first-order chi connectivity index (χ1) is 5.63. The monoisotopic (exact) mass is 166 g/mol. The SMILES string of the molecule is CC(=O)C(C)n1ncccc1=O. The first-order valence-electron chi connectivity index (χ1n) is 3.67. The van der Waals surface area contributed by atoms with Crippen molar-refractivity contribution in [3.05, 3.63) is 28.7 Å². The van der Waals surface area contributed by atoms with Crippen molar-refractivity contribution in [2.45, 2.75) is 19.9 Å². The summed E-state index contributed by atoms with van der Waals surface area (Å²) >= 11 is 0. The molecule has 0 aliphatic rings. The lowest BCUT2D eigenvalue weighted by molar-refractivity contribution is -0.120. The maximum absolute atomic E-state index is 11.1. The summed E-state index contributed by atoms with van der Waals surface area (Å²) in [5.41, 5.74) is -0.250. The molecule has 0 amide bonds. The van der Waals surface area contributed by atoms with Crippen LogP contribution >= 0.6 is 0 Å². The highest BCUT2D eigenvalue weighted by molar-refractivity contribution is 5.79. The summed E-state index contributed by atoms with van der Waals surface area (Å²) in [5.74, 6) is -0.0733. The Morgan fingerprint density at radius 3 is 2.83 bits per heavy atom. The first-order valence-corrected chi connectivity index (χ1v) is 3.67. The molecular formula is C8H10N2O2. The molecule has 4 heteroatoms. The van der Waals surface area contributed by atoms with E-state index >= 15 is 0 Å². The third-order valence-electron chi connectivity index (χ3n) is 1.70. The molecule has 0 spiro atoms. The topological polar surface area (TPSA) is 52.0 Å². The summed E-state index contributed by atoms with van der Waals surface area (Å²) < 4.78 is 1.17. The van der Waals surface area contributed by atoms with Crippen molar-refractivity contribution in [2.75, 3.05) is 0 Å². The van der Waals surface area contributed by atoms with E-state index in [2.05, 4.69) is 5.10 Å². The number of hydrogen-bond acceptors (Lipinski definition) is 3. The lowest BCUT2D eigenvalue weighted by Crippen LogP contribution is -2.28. The van der Waals surface area contributed by atoms with E-state index in [0.717, 1.165) is 0 Å². The number of nitrogens with zero attached hydrogens (tertiary/aromatic N) is 2. The molecule has 4 nitrogen and oxygen atoms in total. The highest BCUT2D eigenvalue weighted by atomic mass is 16.1. The Morgan fingerprint density at radius 2 is 2.33 bits per heavy atom. The molecule has 1 heterocycles. The second-order valence-electron chi connectivity index (χ2n) is 2.59. The smallest absolute Gasteiger partial charge is 0.267 e. The summed E-state index contributed by atoms with van der Waals surface area (Å²) in [7, 11) is 0. The predicted molar refractivity (Wildman–Crippen MR) is 43.9 cm³/mol. The Kier molecular flexibility index (Phi) is 2.38. The lowest BCUT2D eigenvalue weighted by atomic mass is 10.2. The molecule has 0 radical (unpaired) electrons. The first kappa shape index (κ1) is 8.64. The fraction of sp³-hybridized carbons (Fsp3) is 0.375. The maximum Gasteiger partial charge on any atom is 0.267 e. The van der Waals surface area contributed by atoms with E-state index in [1.54, 1.807) is 13.0 Å². The molecule has 0 saturated heterocycles. The van der Waals surface area contributed by atoms with Crippen molar-refractivity contribution in [1.29, 1.82) is 0 Å². The zero-order valence-corrected chi connectivity index (χ0v) is 7.02. The van der Waals surface area contributed by atoms with Gasteiger partial charge in [-0.05, 0) is 19.9 Å². The van der Waals surface area contributed by atoms with Gasteiger partial charge in [0.2, 0.25) is 0 Å². The van der Waals surface area contributed by atoms with Gasteiger partial charge in [-0.2, -0.15) is 5.10 Å². The minimum Gasteiger partial charge on any atom is -0.298 e. The third-order valence-corrected chi connectivity index (χ3v) is 1.70. The molecule has 0 bridgehead atoms. The zero-order chi connectivity index (χ0) is 9.14. The van der Waals surface area contributed by atoms with Crippen molar-refractivity contribution < 1.29 is 4.79 Å². The molecule has 1 aromatic rings. The van der Waals surface area contributed by atoms with E-state index < -0.39 is 6.04 Å². The van der Waals surface area contributed by atoms with Crippen LogP contribution in [0.5, 0.6) is 0 Å². The molecule has 0 aliphatic heterocycles. The van der Waals surface area contributed by atoms with Crippen LogP contribution < -0.4 is 5.56 Å².